The molecule has 0 saturated carbocycles. The first-order valence-corrected chi connectivity index (χ1v) is 9.77. The number of rotatable bonds is 7. The summed E-state index contributed by atoms with van der Waals surface area (Å²) in [4.78, 5) is 25.0. The standard InChI is InChI=1S/C20H19F2NO4S/c21-13-7-8-16(22)17(10-13)23-19(24)11-27-20(25)15-5-1-2-6-18(15)28-12-14-4-3-9-26-14/h1-2,5-8,10,14H,3-4,9,11-12H2,(H,23,24)/t14-/m0/s1. The van der Waals surface area contributed by atoms with Crippen LogP contribution in [0.25, 0.3) is 0 Å². The van der Waals surface area contributed by atoms with Crippen LogP contribution in [0.5, 0.6) is 0 Å². The predicted molar refractivity (Wildman–Crippen MR) is 101 cm³/mol. The summed E-state index contributed by atoms with van der Waals surface area (Å²) in [6, 6.07) is 9.63. The van der Waals surface area contributed by atoms with Crippen LogP contribution >= 0.6 is 11.8 Å². The molecule has 1 aliphatic rings. The molecule has 0 bridgehead atoms. The van der Waals surface area contributed by atoms with Crippen molar-refractivity contribution in [2.24, 2.45) is 0 Å². The van der Waals surface area contributed by atoms with E-state index in [1.165, 1.54) is 11.8 Å². The number of anilines is 1. The topological polar surface area (TPSA) is 64.6 Å². The Bertz CT molecular complexity index is 856. The van der Waals surface area contributed by atoms with E-state index in [4.69, 9.17) is 9.47 Å². The number of ether oxygens (including phenoxy) is 2. The number of benzene rings is 2. The molecular weight excluding hydrogens is 388 g/mol. The molecule has 1 atom stereocenters. The lowest BCUT2D eigenvalue weighted by molar-refractivity contribution is -0.119. The van der Waals surface area contributed by atoms with Crippen LogP contribution in [-0.4, -0.2) is 36.9 Å². The van der Waals surface area contributed by atoms with Crippen molar-refractivity contribution in [2.45, 2.75) is 23.8 Å². The van der Waals surface area contributed by atoms with Crippen molar-refractivity contribution in [3.63, 3.8) is 0 Å². The number of hydrogen-bond donors (Lipinski definition) is 1. The van der Waals surface area contributed by atoms with E-state index >= 15 is 0 Å². The third kappa shape index (κ3) is 5.53. The zero-order valence-electron chi connectivity index (χ0n) is 15.0. The molecule has 3 rings (SSSR count). The molecular formula is C20H19F2NO4S. The number of carbonyl (C=O) groups excluding carboxylic acids is 2. The molecule has 148 valence electrons. The van der Waals surface area contributed by atoms with Crippen molar-refractivity contribution in [2.75, 3.05) is 24.3 Å². The molecule has 0 spiro atoms. The lowest BCUT2D eigenvalue weighted by Gasteiger charge is -2.12. The lowest BCUT2D eigenvalue weighted by atomic mass is 10.2. The quantitative estimate of drug-likeness (QED) is 0.555. The molecule has 2 aromatic carbocycles. The van der Waals surface area contributed by atoms with Crippen LogP contribution in [0.3, 0.4) is 0 Å². The first-order valence-electron chi connectivity index (χ1n) is 8.78. The van der Waals surface area contributed by atoms with Crippen molar-refractivity contribution in [3.8, 4) is 0 Å². The zero-order valence-corrected chi connectivity index (χ0v) is 15.8. The molecule has 1 heterocycles. The highest BCUT2D eigenvalue weighted by atomic mass is 32.2. The van der Waals surface area contributed by atoms with Crippen molar-refractivity contribution in [1.82, 2.24) is 0 Å². The van der Waals surface area contributed by atoms with Gasteiger partial charge in [-0.25, -0.2) is 13.6 Å². The highest BCUT2D eigenvalue weighted by Gasteiger charge is 2.19. The Morgan fingerprint density at radius 3 is 2.82 bits per heavy atom. The summed E-state index contributed by atoms with van der Waals surface area (Å²) >= 11 is 1.50. The monoisotopic (exact) mass is 407 g/mol. The summed E-state index contributed by atoms with van der Waals surface area (Å²) in [5.41, 5.74) is 0.0313. The smallest absolute Gasteiger partial charge is 0.339 e. The van der Waals surface area contributed by atoms with E-state index in [9.17, 15) is 18.4 Å². The molecule has 1 fully saturated rings. The summed E-state index contributed by atoms with van der Waals surface area (Å²) in [5.74, 6) is -2.17. The number of esters is 1. The number of hydrogen-bond acceptors (Lipinski definition) is 5. The molecule has 28 heavy (non-hydrogen) atoms. The van der Waals surface area contributed by atoms with Gasteiger partial charge >= 0.3 is 5.97 Å². The van der Waals surface area contributed by atoms with E-state index in [0.717, 1.165) is 48.3 Å². The third-order valence-electron chi connectivity index (χ3n) is 4.09. The molecule has 2 aromatic rings. The average Bonchev–Trinajstić information content (AvgIpc) is 3.21. The minimum atomic E-state index is -0.781. The van der Waals surface area contributed by atoms with Crippen LogP contribution in [0.2, 0.25) is 0 Å². The van der Waals surface area contributed by atoms with Crippen molar-refractivity contribution in [1.29, 1.82) is 0 Å². The molecule has 1 saturated heterocycles. The summed E-state index contributed by atoms with van der Waals surface area (Å²) in [6.07, 6.45) is 2.20. The number of carbonyl (C=O) groups is 2. The summed E-state index contributed by atoms with van der Waals surface area (Å²) in [5, 5.41) is 2.18. The van der Waals surface area contributed by atoms with E-state index in [0.29, 0.717) is 5.56 Å². The Labute approximate surface area is 165 Å². The Hall–Kier alpha value is -2.45. The molecule has 0 aromatic heterocycles. The van der Waals surface area contributed by atoms with E-state index in [1.54, 1.807) is 18.2 Å². The highest BCUT2D eigenvalue weighted by molar-refractivity contribution is 7.99. The second-order valence-corrected chi connectivity index (χ2v) is 7.25. The van der Waals surface area contributed by atoms with E-state index in [1.807, 2.05) is 6.07 Å². The lowest BCUT2D eigenvalue weighted by Crippen LogP contribution is -2.21. The molecule has 1 N–H and O–H groups in total. The van der Waals surface area contributed by atoms with Gasteiger partial charge in [0, 0.05) is 23.3 Å². The van der Waals surface area contributed by atoms with Gasteiger partial charge in [-0.1, -0.05) is 12.1 Å². The second kappa shape index (κ2) is 9.66. The maximum atomic E-state index is 13.6. The Morgan fingerprint density at radius 2 is 2.04 bits per heavy atom. The van der Waals surface area contributed by atoms with Crippen LogP contribution in [0, 0.1) is 11.6 Å². The molecule has 5 nitrogen and oxygen atoms in total. The third-order valence-corrected chi connectivity index (χ3v) is 5.30. The first-order chi connectivity index (χ1) is 13.5. The minimum absolute atomic E-state index is 0.168. The summed E-state index contributed by atoms with van der Waals surface area (Å²) < 4.78 is 37.3. The van der Waals surface area contributed by atoms with E-state index < -0.39 is 30.1 Å². The van der Waals surface area contributed by atoms with Gasteiger partial charge in [0.05, 0.1) is 17.4 Å². The van der Waals surface area contributed by atoms with Gasteiger partial charge in [0.1, 0.15) is 11.6 Å². The highest BCUT2D eigenvalue weighted by Crippen LogP contribution is 2.27. The Balaban J connectivity index is 1.55. The van der Waals surface area contributed by atoms with Gasteiger partial charge in [-0.15, -0.1) is 11.8 Å². The molecule has 0 aliphatic carbocycles. The Morgan fingerprint density at radius 1 is 1.21 bits per heavy atom. The molecule has 0 radical (unpaired) electrons. The van der Waals surface area contributed by atoms with Crippen LogP contribution in [0.15, 0.2) is 47.4 Å². The van der Waals surface area contributed by atoms with Crippen LogP contribution in [0.4, 0.5) is 14.5 Å². The molecule has 8 heteroatoms. The molecule has 1 amide bonds. The van der Waals surface area contributed by atoms with Gasteiger partial charge in [-0.05, 0) is 37.1 Å². The van der Waals surface area contributed by atoms with E-state index in [2.05, 4.69) is 5.32 Å². The van der Waals surface area contributed by atoms with Gasteiger partial charge in [-0.2, -0.15) is 0 Å². The second-order valence-electron chi connectivity index (χ2n) is 6.19. The van der Waals surface area contributed by atoms with Crippen molar-refractivity contribution >= 4 is 29.3 Å². The van der Waals surface area contributed by atoms with Gasteiger partial charge < -0.3 is 14.8 Å². The summed E-state index contributed by atoms with van der Waals surface area (Å²) in [7, 11) is 0. The fraction of sp³-hybridized carbons (Fsp3) is 0.300. The SMILES string of the molecule is O=C(COC(=O)c1ccccc1SC[C@@H]1CCCO1)Nc1cc(F)ccc1F. The molecule has 0 unspecified atom stereocenters. The maximum absolute atomic E-state index is 13.6. The fourth-order valence-electron chi connectivity index (χ4n) is 2.71. The summed E-state index contributed by atoms with van der Waals surface area (Å²) in [6.45, 7) is 0.148. The normalized spacial score (nSPS) is 16.0. The first kappa shape index (κ1) is 20.3. The average molecular weight is 407 g/mol. The van der Waals surface area contributed by atoms with Crippen LogP contribution in [0.1, 0.15) is 23.2 Å². The zero-order chi connectivity index (χ0) is 19.9. The van der Waals surface area contributed by atoms with Crippen LogP contribution < -0.4 is 5.32 Å². The molecule has 1 aliphatic heterocycles. The van der Waals surface area contributed by atoms with Crippen molar-refractivity contribution in [3.05, 3.63) is 59.7 Å². The maximum Gasteiger partial charge on any atom is 0.339 e. The number of amides is 1. The fourth-order valence-corrected chi connectivity index (χ4v) is 3.82. The Kier molecular flexibility index (Phi) is 7.00. The van der Waals surface area contributed by atoms with Gasteiger partial charge in [0.25, 0.3) is 5.91 Å². The van der Waals surface area contributed by atoms with E-state index in [-0.39, 0.29) is 11.8 Å². The minimum Gasteiger partial charge on any atom is -0.452 e. The van der Waals surface area contributed by atoms with Gasteiger partial charge in [0.15, 0.2) is 6.61 Å². The number of thioether (sulfide) groups is 1. The van der Waals surface area contributed by atoms with Crippen molar-refractivity contribution < 1.29 is 27.8 Å². The number of halogens is 2. The predicted octanol–water partition coefficient (Wildman–Crippen LogP) is 4.03. The van der Waals surface area contributed by atoms with Gasteiger partial charge in [-0.3, -0.25) is 4.79 Å². The van der Waals surface area contributed by atoms with Gasteiger partial charge in [0.2, 0.25) is 0 Å². The van der Waals surface area contributed by atoms with Crippen LogP contribution in [-0.2, 0) is 14.3 Å². The number of nitrogens with one attached hydrogen (secondary N) is 1. The largest absolute Gasteiger partial charge is 0.452 e.